The Balaban J connectivity index is 2.01. The van der Waals surface area contributed by atoms with Crippen LogP contribution in [0, 0.1) is 0 Å². The number of thioether (sulfide) groups is 1. The zero-order valence-electron chi connectivity index (χ0n) is 11.6. The predicted molar refractivity (Wildman–Crippen MR) is 82.0 cm³/mol. The lowest BCUT2D eigenvalue weighted by Gasteiger charge is -2.20. The molecule has 1 aromatic carbocycles. The molecule has 0 aliphatic heterocycles. The van der Waals surface area contributed by atoms with E-state index in [4.69, 9.17) is 21.9 Å². The summed E-state index contributed by atoms with van der Waals surface area (Å²) in [6, 6.07) is 7.69. The Hall–Kier alpha value is -1.04. The molecular weight excluding hydrogens is 294 g/mol. The van der Waals surface area contributed by atoms with Gasteiger partial charge in [-0.25, -0.2) is 0 Å². The first-order valence-electron chi connectivity index (χ1n) is 6.49. The Morgan fingerprint density at radius 3 is 2.65 bits per heavy atom. The van der Waals surface area contributed by atoms with Gasteiger partial charge in [-0.3, -0.25) is 0 Å². The van der Waals surface area contributed by atoms with E-state index in [1.165, 1.54) is 0 Å². The van der Waals surface area contributed by atoms with Crippen LogP contribution in [0.15, 0.2) is 33.7 Å². The van der Waals surface area contributed by atoms with Crippen molar-refractivity contribution in [1.29, 1.82) is 0 Å². The maximum absolute atomic E-state index is 5.85. The number of hydrogen-bond donors (Lipinski definition) is 1. The summed E-state index contributed by atoms with van der Waals surface area (Å²) >= 11 is 7.50. The summed E-state index contributed by atoms with van der Waals surface area (Å²) in [5.74, 6) is 1.97. The second-order valence-electron chi connectivity index (χ2n) is 4.88. The summed E-state index contributed by atoms with van der Waals surface area (Å²) in [6.07, 6.45) is 0.870. The molecule has 0 amide bonds. The van der Waals surface area contributed by atoms with Crippen LogP contribution < -0.4 is 5.73 Å². The largest absolute Gasteiger partial charge is 0.339 e. The lowest BCUT2D eigenvalue weighted by molar-refractivity contribution is 0.289. The molecule has 0 aliphatic carbocycles. The van der Waals surface area contributed by atoms with Crippen molar-refractivity contribution in [3.63, 3.8) is 0 Å². The molecule has 108 valence electrons. The highest BCUT2D eigenvalue weighted by molar-refractivity contribution is 7.98. The highest BCUT2D eigenvalue weighted by atomic mass is 35.5. The van der Waals surface area contributed by atoms with E-state index in [9.17, 15) is 0 Å². The fourth-order valence-corrected chi connectivity index (χ4v) is 2.49. The second-order valence-corrected chi connectivity index (χ2v) is 6.36. The maximum Gasteiger partial charge on any atom is 0.233 e. The molecule has 1 heterocycles. The van der Waals surface area contributed by atoms with Crippen LogP contribution in [0.5, 0.6) is 0 Å². The van der Waals surface area contributed by atoms with Crippen LogP contribution in [0.4, 0.5) is 0 Å². The van der Waals surface area contributed by atoms with Crippen molar-refractivity contribution in [2.45, 2.75) is 36.3 Å². The molecule has 1 atom stereocenters. The summed E-state index contributed by atoms with van der Waals surface area (Å²) in [5.41, 5.74) is 5.55. The zero-order valence-corrected chi connectivity index (χ0v) is 13.2. The van der Waals surface area contributed by atoms with E-state index in [2.05, 4.69) is 17.1 Å². The van der Waals surface area contributed by atoms with E-state index in [0.29, 0.717) is 24.0 Å². The lowest BCUT2D eigenvalue weighted by Crippen LogP contribution is -2.31. The number of benzene rings is 1. The standard InChI is InChI=1S/C14H18ClN3OS/c1-3-14(2,9-16)13-17-12(18-19-13)8-20-11-6-4-10(15)5-7-11/h4-7H,3,8-9,16H2,1-2H3. The first kappa shape index (κ1) is 15.4. The van der Waals surface area contributed by atoms with Gasteiger partial charge >= 0.3 is 0 Å². The van der Waals surface area contributed by atoms with Gasteiger partial charge in [-0.2, -0.15) is 4.98 Å². The van der Waals surface area contributed by atoms with Gasteiger partial charge in [0.15, 0.2) is 5.82 Å². The van der Waals surface area contributed by atoms with Crippen LogP contribution in [-0.2, 0) is 11.2 Å². The Morgan fingerprint density at radius 1 is 1.35 bits per heavy atom. The van der Waals surface area contributed by atoms with Gasteiger partial charge in [0.2, 0.25) is 5.89 Å². The van der Waals surface area contributed by atoms with Crippen LogP contribution in [-0.4, -0.2) is 16.7 Å². The van der Waals surface area contributed by atoms with Gasteiger partial charge in [0, 0.05) is 16.5 Å². The third-order valence-corrected chi connectivity index (χ3v) is 4.66. The van der Waals surface area contributed by atoms with Crippen LogP contribution in [0.1, 0.15) is 32.0 Å². The third kappa shape index (κ3) is 3.53. The SMILES string of the molecule is CCC(C)(CN)c1nc(CSc2ccc(Cl)cc2)no1. The summed E-state index contributed by atoms with van der Waals surface area (Å²) < 4.78 is 5.34. The Bertz CT molecular complexity index is 552. The van der Waals surface area contributed by atoms with Crippen molar-refractivity contribution in [3.05, 3.63) is 41.0 Å². The van der Waals surface area contributed by atoms with Crippen molar-refractivity contribution in [2.24, 2.45) is 5.73 Å². The van der Waals surface area contributed by atoms with Gasteiger partial charge in [0.1, 0.15) is 0 Å². The topological polar surface area (TPSA) is 64.9 Å². The summed E-state index contributed by atoms with van der Waals surface area (Å²) in [5, 5.41) is 4.76. The van der Waals surface area contributed by atoms with E-state index in [-0.39, 0.29) is 5.41 Å². The molecule has 6 heteroatoms. The first-order valence-corrected chi connectivity index (χ1v) is 7.85. The number of aromatic nitrogens is 2. The van der Waals surface area contributed by atoms with Crippen molar-refractivity contribution < 1.29 is 4.52 Å². The smallest absolute Gasteiger partial charge is 0.233 e. The van der Waals surface area contributed by atoms with Crippen molar-refractivity contribution in [3.8, 4) is 0 Å². The van der Waals surface area contributed by atoms with Crippen molar-refractivity contribution in [2.75, 3.05) is 6.54 Å². The number of nitrogens with zero attached hydrogens (tertiary/aromatic N) is 2. The fourth-order valence-electron chi connectivity index (χ4n) is 1.62. The summed E-state index contributed by atoms with van der Waals surface area (Å²) in [6.45, 7) is 4.60. The lowest BCUT2D eigenvalue weighted by atomic mass is 9.88. The van der Waals surface area contributed by atoms with Crippen molar-refractivity contribution in [1.82, 2.24) is 10.1 Å². The minimum atomic E-state index is -0.240. The third-order valence-electron chi connectivity index (χ3n) is 3.40. The second kappa shape index (κ2) is 6.61. The van der Waals surface area contributed by atoms with Gasteiger partial charge in [-0.15, -0.1) is 11.8 Å². The van der Waals surface area contributed by atoms with Gasteiger partial charge in [0.05, 0.1) is 11.2 Å². The molecular formula is C14H18ClN3OS. The monoisotopic (exact) mass is 311 g/mol. The maximum atomic E-state index is 5.85. The van der Waals surface area contributed by atoms with Gasteiger partial charge in [-0.05, 0) is 37.6 Å². The highest BCUT2D eigenvalue weighted by Crippen LogP contribution is 2.27. The van der Waals surface area contributed by atoms with Gasteiger partial charge in [0.25, 0.3) is 0 Å². The summed E-state index contributed by atoms with van der Waals surface area (Å²) in [7, 11) is 0. The normalized spacial score (nSPS) is 14.2. The number of hydrogen-bond acceptors (Lipinski definition) is 5. The average molecular weight is 312 g/mol. The quantitative estimate of drug-likeness (QED) is 0.825. The predicted octanol–water partition coefficient (Wildman–Crippen LogP) is 3.64. The minimum Gasteiger partial charge on any atom is -0.339 e. The van der Waals surface area contributed by atoms with Crippen LogP contribution in [0.25, 0.3) is 0 Å². The molecule has 2 aromatic rings. The van der Waals surface area contributed by atoms with Crippen LogP contribution >= 0.6 is 23.4 Å². The zero-order chi connectivity index (χ0) is 14.6. The Labute approximate surface area is 128 Å². The van der Waals surface area contributed by atoms with Crippen molar-refractivity contribution >= 4 is 23.4 Å². The van der Waals surface area contributed by atoms with E-state index in [0.717, 1.165) is 16.3 Å². The number of nitrogens with two attached hydrogens (primary N) is 1. The molecule has 1 aromatic heterocycles. The summed E-state index contributed by atoms with van der Waals surface area (Å²) in [4.78, 5) is 5.57. The van der Waals surface area contributed by atoms with Gasteiger partial charge in [-0.1, -0.05) is 23.7 Å². The molecule has 0 spiro atoms. The molecule has 1 unspecified atom stereocenters. The molecule has 20 heavy (non-hydrogen) atoms. The average Bonchev–Trinajstić information content (AvgIpc) is 2.95. The number of rotatable bonds is 6. The molecule has 0 saturated carbocycles. The van der Waals surface area contributed by atoms with Crippen LogP contribution in [0.2, 0.25) is 5.02 Å². The molecule has 0 saturated heterocycles. The molecule has 0 bridgehead atoms. The molecule has 2 N–H and O–H groups in total. The minimum absolute atomic E-state index is 0.240. The van der Waals surface area contributed by atoms with E-state index >= 15 is 0 Å². The molecule has 0 fully saturated rings. The number of halogens is 1. The van der Waals surface area contributed by atoms with Gasteiger partial charge < -0.3 is 10.3 Å². The highest BCUT2D eigenvalue weighted by Gasteiger charge is 2.29. The Morgan fingerprint density at radius 2 is 2.05 bits per heavy atom. The van der Waals surface area contributed by atoms with E-state index in [1.54, 1.807) is 11.8 Å². The fraction of sp³-hybridized carbons (Fsp3) is 0.429. The van der Waals surface area contributed by atoms with Crippen LogP contribution in [0.3, 0.4) is 0 Å². The van der Waals surface area contributed by atoms with E-state index in [1.807, 2.05) is 31.2 Å². The molecule has 0 aliphatic rings. The first-order chi connectivity index (χ1) is 9.57. The molecule has 2 rings (SSSR count). The Kier molecular flexibility index (Phi) is 5.07. The molecule has 0 radical (unpaired) electrons. The molecule has 4 nitrogen and oxygen atoms in total. The van der Waals surface area contributed by atoms with E-state index < -0.39 is 0 Å².